The van der Waals surface area contributed by atoms with Crippen molar-refractivity contribution in [2.24, 2.45) is 5.10 Å². The predicted molar refractivity (Wildman–Crippen MR) is 125 cm³/mol. The molecule has 0 amide bonds. The zero-order chi connectivity index (χ0) is 21.7. The van der Waals surface area contributed by atoms with Crippen LogP contribution < -0.4 is 10.2 Å². The number of likely N-dealkylation sites (tertiary alicyclic amines) is 1. The van der Waals surface area contributed by atoms with Gasteiger partial charge in [-0.15, -0.1) is 11.3 Å². The van der Waals surface area contributed by atoms with E-state index in [-0.39, 0.29) is 12.4 Å². The van der Waals surface area contributed by atoms with Crippen molar-refractivity contribution >= 4 is 28.7 Å². The van der Waals surface area contributed by atoms with Crippen LogP contribution in [-0.4, -0.2) is 54.9 Å². The lowest BCUT2D eigenvalue weighted by atomic mass is 10.1. The number of aromatic nitrogens is 1. The van der Waals surface area contributed by atoms with E-state index in [1.54, 1.807) is 13.1 Å². The van der Waals surface area contributed by atoms with E-state index in [9.17, 15) is 4.79 Å². The maximum absolute atomic E-state index is 11.5. The van der Waals surface area contributed by atoms with Crippen LogP contribution >= 0.6 is 11.3 Å². The number of carbonyl (C=O) groups excluding carboxylic acids is 1. The van der Waals surface area contributed by atoms with Crippen LogP contribution in [-0.2, 0) is 16.0 Å². The molecule has 168 valence electrons. The number of benzene rings is 1. The summed E-state index contributed by atoms with van der Waals surface area (Å²) in [4.78, 5) is 18.5. The number of para-hydroxylation sites is 1. The SMILES string of the molecule is CCOC(=O)Cc1csc(NN=Cc2ccccc2OCCCCN2CCCCC2)n1. The molecule has 8 heteroatoms. The highest BCUT2D eigenvalue weighted by Crippen LogP contribution is 2.18. The van der Waals surface area contributed by atoms with E-state index in [1.807, 2.05) is 29.6 Å². The molecule has 1 saturated heterocycles. The van der Waals surface area contributed by atoms with Crippen LogP contribution in [0.4, 0.5) is 5.13 Å². The Kier molecular flexibility index (Phi) is 9.79. The van der Waals surface area contributed by atoms with Crippen LogP contribution in [0.15, 0.2) is 34.7 Å². The van der Waals surface area contributed by atoms with E-state index < -0.39 is 0 Å². The Morgan fingerprint density at radius 1 is 1.26 bits per heavy atom. The molecule has 1 N–H and O–H groups in total. The van der Waals surface area contributed by atoms with Gasteiger partial charge in [0.25, 0.3) is 0 Å². The van der Waals surface area contributed by atoms with E-state index in [2.05, 4.69) is 20.4 Å². The molecule has 1 aromatic carbocycles. The Morgan fingerprint density at radius 3 is 2.94 bits per heavy atom. The molecule has 2 aromatic rings. The third kappa shape index (κ3) is 8.30. The van der Waals surface area contributed by atoms with Gasteiger partial charge >= 0.3 is 5.97 Å². The summed E-state index contributed by atoms with van der Waals surface area (Å²) < 4.78 is 10.9. The lowest BCUT2D eigenvalue weighted by Crippen LogP contribution is -2.30. The summed E-state index contributed by atoms with van der Waals surface area (Å²) in [5.74, 6) is 0.554. The minimum atomic E-state index is -0.273. The lowest BCUT2D eigenvalue weighted by Gasteiger charge is -2.26. The normalized spacial score (nSPS) is 14.6. The van der Waals surface area contributed by atoms with E-state index in [1.165, 1.54) is 50.2 Å². The van der Waals surface area contributed by atoms with Gasteiger partial charge in [-0.1, -0.05) is 18.6 Å². The first-order valence-electron chi connectivity index (χ1n) is 11.1. The van der Waals surface area contributed by atoms with Crippen LogP contribution in [0.5, 0.6) is 5.75 Å². The quantitative estimate of drug-likeness (QED) is 0.227. The van der Waals surface area contributed by atoms with Crippen LogP contribution in [0.25, 0.3) is 0 Å². The van der Waals surface area contributed by atoms with Crippen molar-refractivity contribution in [1.82, 2.24) is 9.88 Å². The minimum Gasteiger partial charge on any atom is -0.493 e. The molecule has 2 heterocycles. The number of piperidine rings is 1. The van der Waals surface area contributed by atoms with Crippen LogP contribution in [0.3, 0.4) is 0 Å². The molecule has 1 aromatic heterocycles. The number of carbonyl (C=O) groups is 1. The predicted octanol–water partition coefficient (Wildman–Crippen LogP) is 4.34. The van der Waals surface area contributed by atoms with Gasteiger partial charge in [-0.25, -0.2) is 4.98 Å². The maximum Gasteiger partial charge on any atom is 0.311 e. The Bertz CT molecular complexity index is 834. The highest BCUT2D eigenvalue weighted by Gasteiger charge is 2.10. The molecule has 0 radical (unpaired) electrons. The molecule has 31 heavy (non-hydrogen) atoms. The second-order valence-corrected chi connectivity index (χ2v) is 8.35. The Labute approximate surface area is 188 Å². The molecule has 0 saturated carbocycles. The molecule has 3 rings (SSSR count). The lowest BCUT2D eigenvalue weighted by molar-refractivity contribution is -0.142. The molecule has 0 aliphatic carbocycles. The highest BCUT2D eigenvalue weighted by atomic mass is 32.1. The summed E-state index contributed by atoms with van der Waals surface area (Å²) in [6.45, 7) is 6.53. The van der Waals surface area contributed by atoms with Gasteiger partial charge < -0.3 is 14.4 Å². The third-order valence-electron chi connectivity index (χ3n) is 5.04. The molecule has 0 atom stereocenters. The molecule has 0 unspecified atom stereocenters. The van der Waals surface area contributed by atoms with E-state index in [0.29, 0.717) is 24.0 Å². The van der Waals surface area contributed by atoms with Crippen molar-refractivity contribution in [3.8, 4) is 5.75 Å². The number of hydrazone groups is 1. The fraction of sp³-hybridized carbons (Fsp3) is 0.522. The highest BCUT2D eigenvalue weighted by molar-refractivity contribution is 7.13. The standard InChI is InChI=1S/C23H32N4O3S/c1-2-29-22(28)16-20-18-31-23(25-20)26-24-17-19-10-4-5-11-21(19)30-15-9-8-14-27-12-6-3-7-13-27/h4-5,10-11,17-18H,2-3,6-9,12-16H2,1H3,(H,25,26). The summed E-state index contributed by atoms with van der Waals surface area (Å²) in [6, 6.07) is 7.87. The number of thiazole rings is 1. The molecule has 1 aliphatic rings. The summed E-state index contributed by atoms with van der Waals surface area (Å²) >= 11 is 1.40. The van der Waals surface area contributed by atoms with Crippen molar-refractivity contribution in [2.75, 3.05) is 38.3 Å². The van der Waals surface area contributed by atoms with Gasteiger partial charge in [0, 0.05) is 10.9 Å². The van der Waals surface area contributed by atoms with Gasteiger partial charge in [0.1, 0.15) is 5.75 Å². The topological polar surface area (TPSA) is 76.1 Å². The monoisotopic (exact) mass is 444 g/mol. The van der Waals surface area contributed by atoms with E-state index in [4.69, 9.17) is 9.47 Å². The molecule has 1 aliphatic heterocycles. The smallest absolute Gasteiger partial charge is 0.311 e. The van der Waals surface area contributed by atoms with Crippen molar-refractivity contribution in [3.63, 3.8) is 0 Å². The van der Waals surface area contributed by atoms with E-state index >= 15 is 0 Å². The fourth-order valence-electron chi connectivity index (χ4n) is 3.48. The van der Waals surface area contributed by atoms with Gasteiger partial charge in [0.2, 0.25) is 5.13 Å². The van der Waals surface area contributed by atoms with Gasteiger partial charge in [0.15, 0.2) is 0 Å². The molecular weight excluding hydrogens is 412 g/mol. The van der Waals surface area contributed by atoms with E-state index in [0.717, 1.165) is 24.2 Å². The Balaban J connectivity index is 1.41. The molecule has 0 bridgehead atoms. The molecular formula is C23H32N4O3S. The molecule has 7 nitrogen and oxygen atoms in total. The van der Waals surface area contributed by atoms with Crippen molar-refractivity contribution in [1.29, 1.82) is 0 Å². The zero-order valence-electron chi connectivity index (χ0n) is 18.2. The minimum absolute atomic E-state index is 0.171. The van der Waals surface area contributed by atoms with Gasteiger partial charge in [-0.2, -0.15) is 5.10 Å². The second kappa shape index (κ2) is 13.1. The zero-order valence-corrected chi connectivity index (χ0v) is 19.0. The van der Waals surface area contributed by atoms with Gasteiger partial charge in [-0.05, 0) is 64.4 Å². The van der Waals surface area contributed by atoms with Crippen molar-refractivity contribution < 1.29 is 14.3 Å². The second-order valence-electron chi connectivity index (χ2n) is 7.49. The van der Waals surface area contributed by atoms with Gasteiger partial charge in [0.05, 0.1) is 31.5 Å². The number of nitrogens with zero attached hydrogens (tertiary/aromatic N) is 3. The summed E-state index contributed by atoms with van der Waals surface area (Å²) in [6.07, 6.45) is 8.16. The number of esters is 1. The fourth-order valence-corrected chi connectivity index (χ4v) is 4.14. The van der Waals surface area contributed by atoms with Crippen molar-refractivity contribution in [2.45, 2.75) is 45.4 Å². The number of nitrogens with one attached hydrogen (secondary N) is 1. The summed E-state index contributed by atoms with van der Waals surface area (Å²) in [7, 11) is 0. The Hall–Kier alpha value is -2.45. The van der Waals surface area contributed by atoms with Crippen molar-refractivity contribution in [3.05, 3.63) is 40.9 Å². The maximum atomic E-state index is 11.5. The third-order valence-corrected chi connectivity index (χ3v) is 5.84. The average molecular weight is 445 g/mol. The summed E-state index contributed by atoms with van der Waals surface area (Å²) in [5.41, 5.74) is 4.51. The number of unbranched alkanes of at least 4 members (excludes halogenated alkanes) is 1. The van der Waals surface area contributed by atoms with Crippen LogP contribution in [0.1, 0.15) is 50.3 Å². The number of hydrogen-bond acceptors (Lipinski definition) is 8. The molecule has 1 fully saturated rings. The summed E-state index contributed by atoms with van der Waals surface area (Å²) in [5, 5.41) is 6.74. The number of hydrogen-bond donors (Lipinski definition) is 1. The van der Waals surface area contributed by atoms with Crippen LogP contribution in [0, 0.1) is 0 Å². The number of ether oxygens (including phenoxy) is 2. The number of anilines is 1. The first-order valence-corrected chi connectivity index (χ1v) is 12.0. The number of rotatable bonds is 12. The largest absolute Gasteiger partial charge is 0.493 e. The van der Waals surface area contributed by atoms with Crippen LogP contribution in [0.2, 0.25) is 0 Å². The molecule has 0 spiro atoms. The average Bonchev–Trinajstić information content (AvgIpc) is 3.22. The Morgan fingerprint density at radius 2 is 2.10 bits per heavy atom. The first-order chi connectivity index (χ1) is 15.2. The van der Waals surface area contributed by atoms with Gasteiger partial charge in [-0.3, -0.25) is 10.2 Å². The first kappa shape index (κ1) is 23.2.